The second-order valence-electron chi connectivity index (χ2n) is 4.90. The van der Waals surface area contributed by atoms with E-state index in [2.05, 4.69) is 29.2 Å². The van der Waals surface area contributed by atoms with Gasteiger partial charge in [-0.3, -0.25) is 4.79 Å². The number of amides is 1. The Bertz CT molecular complexity index is 294. The highest BCUT2D eigenvalue weighted by molar-refractivity contribution is 6.02. The predicted octanol–water partition coefficient (Wildman–Crippen LogP) is 0.996. The molecule has 0 rings (SSSR count). The zero-order chi connectivity index (χ0) is 14.8. The van der Waals surface area contributed by atoms with Crippen molar-refractivity contribution in [2.75, 3.05) is 20.1 Å². The molecule has 1 amide bonds. The molecule has 0 radical (unpaired) electrons. The maximum atomic E-state index is 12.0. The molecule has 0 aromatic rings. The molecule has 0 bridgehead atoms. The first-order valence-corrected chi connectivity index (χ1v) is 6.93. The number of amidine groups is 1. The molecule has 6 nitrogen and oxygen atoms in total. The van der Waals surface area contributed by atoms with Crippen LogP contribution in [0, 0.1) is 5.92 Å². The molecular formula is C13H28N4O2. The minimum absolute atomic E-state index is 0.0189. The summed E-state index contributed by atoms with van der Waals surface area (Å²) >= 11 is 0. The lowest BCUT2D eigenvalue weighted by Crippen LogP contribution is -2.42. The van der Waals surface area contributed by atoms with Crippen molar-refractivity contribution in [1.82, 2.24) is 10.2 Å². The van der Waals surface area contributed by atoms with Crippen LogP contribution in [0.1, 0.15) is 40.0 Å². The van der Waals surface area contributed by atoms with E-state index in [9.17, 15) is 4.79 Å². The van der Waals surface area contributed by atoms with Gasteiger partial charge in [0, 0.05) is 19.1 Å². The molecule has 2 unspecified atom stereocenters. The highest BCUT2D eigenvalue weighted by atomic mass is 16.4. The van der Waals surface area contributed by atoms with Gasteiger partial charge in [0.25, 0.3) is 0 Å². The van der Waals surface area contributed by atoms with Crippen LogP contribution < -0.4 is 11.1 Å². The fourth-order valence-corrected chi connectivity index (χ4v) is 1.78. The Labute approximate surface area is 116 Å². The van der Waals surface area contributed by atoms with Gasteiger partial charge in [-0.05, 0) is 26.8 Å². The van der Waals surface area contributed by atoms with E-state index in [1.54, 1.807) is 0 Å². The first kappa shape index (κ1) is 17.7. The molecule has 0 spiro atoms. The lowest BCUT2D eigenvalue weighted by atomic mass is 10.0. The van der Waals surface area contributed by atoms with Crippen molar-refractivity contribution >= 4 is 11.7 Å². The summed E-state index contributed by atoms with van der Waals surface area (Å²) < 4.78 is 0. The van der Waals surface area contributed by atoms with Gasteiger partial charge in [-0.15, -0.1) is 0 Å². The van der Waals surface area contributed by atoms with Gasteiger partial charge in [0.15, 0.2) is 5.84 Å². The smallest absolute Gasteiger partial charge is 0.230 e. The molecule has 0 aromatic heterocycles. The normalized spacial score (nSPS) is 15.3. The number of likely N-dealkylation sites (N-methyl/N-ethyl adjacent to an activating group) is 1. The molecule has 0 aromatic carbocycles. The number of oxime groups is 1. The summed E-state index contributed by atoms with van der Waals surface area (Å²) in [5.41, 5.74) is 5.53. The zero-order valence-corrected chi connectivity index (χ0v) is 12.5. The van der Waals surface area contributed by atoms with E-state index in [1.165, 1.54) is 0 Å². The standard InChI is InChI=1S/C13H28N4O2/c1-5-7-11(12(14)16-19)13(18)15-8-9-17(4)10(3)6-2/h10-11,19H,5-9H2,1-4H3,(H2,14,16)(H,15,18). The van der Waals surface area contributed by atoms with Gasteiger partial charge in [-0.1, -0.05) is 25.4 Å². The molecule has 19 heavy (non-hydrogen) atoms. The molecule has 4 N–H and O–H groups in total. The van der Waals surface area contributed by atoms with Gasteiger partial charge in [0.05, 0.1) is 5.92 Å². The summed E-state index contributed by atoms with van der Waals surface area (Å²) in [6, 6.07) is 0.493. The molecule has 0 aliphatic carbocycles. The van der Waals surface area contributed by atoms with Crippen molar-refractivity contribution in [3.63, 3.8) is 0 Å². The first-order valence-electron chi connectivity index (χ1n) is 6.93. The molecule has 0 heterocycles. The number of nitrogens with two attached hydrogens (primary N) is 1. The van der Waals surface area contributed by atoms with Gasteiger partial charge in [-0.25, -0.2) is 0 Å². The topological polar surface area (TPSA) is 91.0 Å². The van der Waals surface area contributed by atoms with E-state index < -0.39 is 5.92 Å². The average molecular weight is 272 g/mol. The maximum absolute atomic E-state index is 12.0. The van der Waals surface area contributed by atoms with Crippen molar-refractivity contribution < 1.29 is 10.0 Å². The van der Waals surface area contributed by atoms with Crippen LogP contribution >= 0.6 is 0 Å². The summed E-state index contributed by atoms with van der Waals surface area (Å²) in [6.07, 6.45) is 2.47. The lowest BCUT2D eigenvalue weighted by Gasteiger charge is -2.24. The third-order valence-corrected chi connectivity index (χ3v) is 3.47. The van der Waals surface area contributed by atoms with E-state index in [0.717, 1.165) is 19.4 Å². The van der Waals surface area contributed by atoms with E-state index >= 15 is 0 Å². The van der Waals surface area contributed by atoms with E-state index in [4.69, 9.17) is 10.9 Å². The molecule has 112 valence electrons. The second-order valence-corrected chi connectivity index (χ2v) is 4.90. The number of hydrogen-bond donors (Lipinski definition) is 3. The summed E-state index contributed by atoms with van der Waals surface area (Å²) in [4.78, 5) is 14.1. The number of nitrogens with one attached hydrogen (secondary N) is 1. The SMILES string of the molecule is CCCC(C(=O)NCCN(C)C(C)CC)C(N)=NO. The largest absolute Gasteiger partial charge is 0.409 e. The Morgan fingerprint density at radius 3 is 2.58 bits per heavy atom. The van der Waals surface area contributed by atoms with Crippen LogP contribution in [0.25, 0.3) is 0 Å². The number of hydrogen-bond acceptors (Lipinski definition) is 4. The third kappa shape index (κ3) is 6.42. The summed E-state index contributed by atoms with van der Waals surface area (Å²) in [6.45, 7) is 7.60. The molecular weight excluding hydrogens is 244 g/mol. The Hall–Kier alpha value is -1.30. The minimum Gasteiger partial charge on any atom is -0.409 e. The van der Waals surface area contributed by atoms with Crippen molar-refractivity contribution in [2.24, 2.45) is 16.8 Å². The average Bonchev–Trinajstić information content (AvgIpc) is 2.42. The quantitative estimate of drug-likeness (QED) is 0.253. The summed E-state index contributed by atoms with van der Waals surface area (Å²) in [5.74, 6) is -0.728. The van der Waals surface area contributed by atoms with Crippen LogP contribution in [-0.4, -0.2) is 48.0 Å². The van der Waals surface area contributed by atoms with Crippen molar-refractivity contribution in [3.05, 3.63) is 0 Å². The first-order chi connectivity index (χ1) is 8.97. The van der Waals surface area contributed by atoms with Crippen LogP contribution in [0.15, 0.2) is 5.16 Å². The molecule has 6 heteroatoms. The summed E-state index contributed by atoms with van der Waals surface area (Å²) in [5, 5.41) is 14.5. The molecule has 0 fully saturated rings. The van der Waals surface area contributed by atoms with Crippen LogP contribution in [0.5, 0.6) is 0 Å². The highest BCUT2D eigenvalue weighted by Crippen LogP contribution is 2.06. The van der Waals surface area contributed by atoms with Crippen LogP contribution in [0.2, 0.25) is 0 Å². The lowest BCUT2D eigenvalue weighted by molar-refractivity contribution is -0.123. The van der Waals surface area contributed by atoms with Crippen molar-refractivity contribution in [2.45, 2.75) is 46.1 Å². The number of carbonyl (C=O) groups is 1. The molecule has 2 atom stereocenters. The van der Waals surface area contributed by atoms with Crippen LogP contribution in [0.3, 0.4) is 0 Å². The second kappa shape index (κ2) is 9.61. The zero-order valence-electron chi connectivity index (χ0n) is 12.5. The molecule has 0 saturated heterocycles. The fraction of sp³-hybridized carbons (Fsp3) is 0.846. The van der Waals surface area contributed by atoms with Crippen LogP contribution in [-0.2, 0) is 4.79 Å². The van der Waals surface area contributed by atoms with E-state index in [-0.39, 0.29) is 11.7 Å². The fourth-order valence-electron chi connectivity index (χ4n) is 1.78. The Kier molecular flexibility index (Phi) is 8.95. The Balaban J connectivity index is 4.20. The third-order valence-electron chi connectivity index (χ3n) is 3.47. The Morgan fingerprint density at radius 2 is 2.11 bits per heavy atom. The monoisotopic (exact) mass is 272 g/mol. The van der Waals surface area contributed by atoms with Gasteiger partial charge >= 0.3 is 0 Å². The maximum Gasteiger partial charge on any atom is 0.230 e. The van der Waals surface area contributed by atoms with Crippen molar-refractivity contribution in [1.29, 1.82) is 0 Å². The highest BCUT2D eigenvalue weighted by Gasteiger charge is 2.21. The van der Waals surface area contributed by atoms with Crippen LogP contribution in [0.4, 0.5) is 0 Å². The number of rotatable bonds is 9. The van der Waals surface area contributed by atoms with Gasteiger partial charge in [0.2, 0.25) is 5.91 Å². The number of nitrogens with zero attached hydrogens (tertiary/aromatic N) is 2. The predicted molar refractivity (Wildman–Crippen MR) is 77.2 cm³/mol. The summed E-state index contributed by atoms with van der Waals surface area (Å²) in [7, 11) is 2.04. The van der Waals surface area contributed by atoms with Crippen molar-refractivity contribution in [3.8, 4) is 0 Å². The molecule has 0 aliphatic heterocycles. The number of carbonyl (C=O) groups excluding carboxylic acids is 1. The molecule has 0 aliphatic rings. The van der Waals surface area contributed by atoms with E-state index in [1.807, 2.05) is 14.0 Å². The Morgan fingerprint density at radius 1 is 1.47 bits per heavy atom. The van der Waals surface area contributed by atoms with Gasteiger partial charge in [-0.2, -0.15) is 0 Å². The minimum atomic E-state index is -0.538. The molecule has 0 saturated carbocycles. The van der Waals surface area contributed by atoms with Gasteiger partial charge in [0.1, 0.15) is 0 Å². The van der Waals surface area contributed by atoms with E-state index in [0.29, 0.717) is 19.0 Å². The van der Waals surface area contributed by atoms with Gasteiger partial charge < -0.3 is 21.2 Å².